The van der Waals surface area contributed by atoms with E-state index in [-0.39, 0.29) is 6.10 Å². The highest BCUT2D eigenvalue weighted by molar-refractivity contribution is 4.74. The van der Waals surface area contributed by atoms with E-state index in [9.17, 15) is 5.11 Å². The van der Waals surface area contributed by atoms with Gasteiger partial charge < -0.3 is 10.4 Å². The zero-order valence-electron chi connectivity index (χ0n) is 9.63. The molecule has 1 aliphatic rings. The van der Waals surface area contributed by atoms with Crippen LogP contribution in [0.15, 0.2) is 0 Å². The largest absolute Gasteiger partial charge is 0.392 e. The number of hydrogen-bond acceptors (Lipinski definition) is 2. The van der Waals surface area contributed by atoms with Crippen molar-refractivity contribution in [2.45, 2.75) is 52.1 Å². The van der Waals surface area contributed by atoms with E-state index in [4.69, 9.17) is 0 Å². The monoisotopic (exact) mass is 199 g/mol. The second-order valence-electron chi connectivity index (χ2n) is 4.74. The van der Waals surface area contributed by atoms with Crippen molar-refractivity contribution in [3.63, 3.8) is 0 Å². The lowest BCUT2D eigenvalue weighted by Crippen LogP contribution is -2.34. The number of aliphatic hydroxyl groups is 1. The van der Waals surface area contributed by atoms with Gasteiger partial charge in [0.15, 0.2) is 0 Å². The van der Waals surface area contributed by atoms with Gasteiger partial charge in [0, 0.05) is 6.54 Å². The van der Waals surface area contributed by atoms with Gasteiger partial charge in [0.05, 0.1) is 6.10 Å². The van der Waals surface area contributed by atoms with Gasteiger partial charge in [-0.05, 0) is 31.2 Å². The molecule has 0 aromatic carbocycles. The van der Waals surface area contributed by atoms with Gasteiger partial charge in [0.1, 0.15) is 0 Å². The Morgan fingerprint density at radius 3 is 2.71 bits per heavy atom. The summed E-state index contributed by atoms with van der Waals surface area (Å²) in [6.45, 7) is 6.25. The molecule has 2 heteroatoms. The van der Waals surface area contributed by atoms with Crippen molar-refractivity contribution >= 4 is 0 Å². The predicted molar refractivity (Wildman–Crippen MR) is 60.3 cm³/mol. The van der Waals surface area contributed by atoms with Crippen LogP contribution in [0.5, 0.6) is 0 Å². The fourth-order valence-corrected chi connectivity index (χ4v) is 2.28. The Hall–Kier alpha value is -0.0800. The zero-order valence-corrected chi connectivity index (χ0v) is 9.63. The summed E-state index contributed by atoms with van der Waals surface area (Å²) >= 11 is 0. The molecule has 2 N–H and O–H groups in total. The second-order valence-corrected chi connectivity index (χ2v) is 4.74. The maximum atomic E-state index is 9.39. The first-order valence-electron chi connectivity index (χ1n) is 6.12. The third-order valence-electron chi connectivity index (χ3n) is 3.55. The van der Waals surface area contributed by atoms with Crippen LogP contribution in [0.2, 0.25) is 0 Å². The Balaban J connectivity index is 2.10. The average molecular weight is 199 g/mol. The predicted octanol–water partition coefficient (Wildman–Crippen LogP) is 2.17. The summed E-state index contributed by atoms with van der Waals surface area (Å²) in [7, 11) is 0. The van der Waals surface area contributed by atoms with Crippen molar-refractivity contribution in [2.75, 3.05) is 13.1 Å². The first-order valence-corrected chi connectivity index (χ1v) is 6.12. The molecule has 84 valence electrons. The summed E-state index contributed by atoms with van der Waals surface area (Å²) in [4.78, 5) is 0. The summed E-state index contributed by atoms with van der Waals surface area (Å²) < 4.78 is 0. The molecule has 3 unspecified atom stereocenters. The van der Waals surface area contributed by atoms with E-state index < -0.39 is 0 Å². The smallest absolute Gasteiger partial charge is 0.0662 e. The molecule has 1 rings (SSSR count). The third kappa shape index (κ3) is 3.97. The minimum absolute atomic E-state index is 0.158. The minimum Gasteiger partial charge on any atom is -0.392 e. The summed E-state index contributed by atoms with van der Waals surface area (Å²) in [5.74, 6) is 1.71. The molecule has 1 saturated carbocycles. The Bertz CT molecular complexity index is 149. The Kier molecular flexibility index (Phi) is 5.49. The molecule has 0 radical (unpaired) electrons. The first-order chi connectivity index (χ1) is 6.74. The quantitative estimate of drug-likeness (QED) is 0.711. The topological polar surface area (TPSA) is 32.3 Å². The minimum atomic E-state index is -0.158. The van der Waals surface area contributed by atoms with Gasteiger partial charge >= 0.3 is 0 Å². The molecule has 0 amide bonds. The molecule has 1 aliphatic carbocycles. The van der Waals surface area contributed by atoms with Crippen LogP contribution in [-0.4, -0.2) is 24.3 Å². The Morgan fingerprint density at radius 1 is 1.36 bits per heavy atom. The molecule has 14 heavy (non-hydrogen) atoms. The summed E-state index contributed by atoms with van der Waals surface area (Å²) in [6.07, 6.45) is 6.27. The first kappa shape index (κ1) is 12.0. The number of rotatable bonds is 5. The van der Waals surface area contributed by atoms with Gasteiger partial charge in [-0.15, -0.1) is 0 Å². The lowest BCUT2D eigenvalue weighted by molar-refractivity contribution is 0.159. The van der Waals surface area contributed by atoms with E-state index in [1.165, 1.54) is 25.7 Å². The van der Waals surface area contributed by atoms with Gasteiger partial charge in [-0.3, -0.25) is 0 Å². The van der Waals surface area contributed by atoms with Crippen molar-refractivity contribution in [1.82, 2.24) is 5.32 Å². The van der Waals surface area contributed by atoms with Crippen molar-refractivity contribution < 1.29 is 5.11 Å². The van der Waals surface area contributed by atoms with Gasteiger partial charge in [0.2, 0.25) is 0 Å². The normalized spacial score (nSPS) is 30.2. The summed E-state index contributed by atoms with van der Waals surface area (Å²) in [5.41, 5.74) is 0. The SMILES string of the molecule is CCC(O)CNCC1CCCCC1C. The van der Waals surface area contributed by atoms with Crippen molar-refractivity contribution in [1.29, 1.82) is 0 Å². The molecule has 0 saturated heterocycles. The average Bonchev–Trinajstić information content (AvgIpc) is 2.20. The number of hydrogen-bond donors (Lipinski definition) is 2. The van der Waals surface area contributed by atoms with Gasteiger partial charge in [-0.25, -0.2) is 0 Å². The molecule has 2 nitrogen and oxygen atoms in total. The van der Waals surface area contributed by atoms with Crippen molar-refractivity contribution in [2.24, 2.45) is 11.8 Å². The van der Waals surface area contributed by atoms with Crippen LogP contribution < -0.4 is 5.32 Å². The lowest BCUT2D eigenvalue weighted by atomic mass is 9.80. The maximum absolute atomic E-state index is 9.39. The van der Waals surface area contributed by atoms with E-state index >= 15 is 0 Å². The highest BCUT2D eigenvalue weighted by Crippen LogP contribution is 2.28. The third-order valence-corrected chi connectivity index (χ3v) is 3.55. The van der Waals surface area contributed by atoms with Crippen LogP contribution >= 0.6 is 0 Å². The summed E-state index contributed by atoms with van der Waals surface area (Å²) in [6, 6.07) is 0. The highest BCUT2D eigenvalue weighted by Gasteiger charge is 2.20. The molecule has 0 aromatic rings. The fourth-order valence-electron chi connectivity index (χ4n) is 2.28. The van der Waals surface area contributed by atoms with Gasteiger partial charge in [0.25, 0.3) is 0 Å². The molecule has 1 fully saturated rings. The lowest BCUT2D eigenvalue weighted by Gasteiger charge is -2.29. The van der Waals surface area contributed by atoms with E-state index in [1.54, 1.807) is 0 Å². The van der Waals surface area contributed by atoms with E-state index in [0.29, 0.717) is 0 Å². The van der Waals surface area contributed by atoms with E-state index in [0.717, 1.165) is 31.3 Å². The van der Waals surface area contributed by atoms with Crippen LogP contribution in [0.4, 0.5) is 0 Å². The van der Waals surface area contributed by atoms with Crippen molar-refractivity contribution in [3.8, 4) is 0 Å². The van der Waals surface area contributed by atoms with Crippen LogP contribution in [0.25, 0.3) is 0 Å². The van der Waals surface area contributed by atoms with Crippen LogP contribution in [0, 0.1) is 11.8 Å². The molecule has 0 heterocycles. The van der Waals surface area contributed by atoms with Gasteiger partial charge in [-0.2, -0.15) is 0 Å². The van der Waals surface area contributed by atoms with E-state index in [2.05, 4.69) is 12.2 Å². The van der Waals surface area contributed by atoms with Crippen LogP contribution in [0.1, 0.15) is 46.0 Å². The second kappa shape index (κ2) is 6.41. The van der Waals surface area contributed by atoms with Gasteiger partial charge in [-0.1, -0.05) is 33.1 Å². The summed E-state index contributed by atoms with van der Waals surface area (Å²) in [5, 5.41) is 12.8. The molecule has 3 atom stereocenters. The maximum Gasteiger partial charge on any atom is 0.0662 e. The number of nitrogens with one attached hydrogen (secondary N) is 1. The standard InChI is InChI=1S/C12H25NO/c1-3-12(14)9-13-8-11-7-5-4-6-10(11)2/h10-14H,3-9H2,1-2H3. The van der Waals surface area contributed by atoms with E-state index in [1.807, 2.05) is 6.92 Å². The molecule has 0 aliphatic heterocycles. The molecule has 0 bridgehead atoms. The van der Waals surface area contributed by atoms with Crippen LogP contribution in [0.3, 0.4) is 0 Å². The van der Waals surface area contributed by atoms with Crippen LogP contribution in [-0.2, 0) is 0 Å². The Morgan fingerprint density at radius 2 is 2.07 bits per heavy atom. The fraction of sp³-hybridized carbons (Fsp3) is 1.00. The molecular formula is C12H25NO. The Labute approximate surface area is 88.1 Å². The van der Waals surface area contributed by atoms with Crippen molar-refractivity contribution in [3.05, 3.63) is 0 Å². The zero-order chi connectivity index (χ0) is 10.4. The number of aliphatic hydroxyl groups excluding tert-OH is 1. The molecular weight excluding hydrogens is 174 g/mol. The molecule has 0 spiro atoms. The molecule has 0 aromatic heterocycles. The highest BCUT2D eigenvalue weighted by atomic mass is 16.3.